The fourth-order valence-corrected chi connectivity index (χ4v) is 3.62. The number of aliphatic hydroxyl groups is 1. The number of benzene rings is 2. The van der Waals surface area contributed by atoms with Gasteiger partial charge < -0.3 is 26.4 Å². The molecule has 0 radical (unpaired) electrons. The lowest BCUT2D eigenvalue weighted by Crippen LogP contribution is -2.41. The third-order valence-electron chi connectivity index (χ3n) is 5.41. The first kappa shape index (κ1) is 25.5. The highest BCUT2D eigenvalue weighted by atomic mass is 16.3. The van der Waals surface area contributed by atoms with Crippen molar-refractivity contribution in [3.05, 3.63) is 98.4 Å². The minimum atomic E-state index is -0.607. The van der Waals surface area contributed by atoms with E-state index in [9.17, 15) is 19.5 Å². The molecular weight excluding hydrogens is 472 g/mol. The van der Waals surface area contributed by atoms with Crippen molar-refractivity contribution in [2.45, 2.75) is 32.4 Å². The quantitative estimate of drug-likeness (QED) is 0.219. The summed E-state index contributed by atoms with van der Waals surface area (Å²) < 4.78 is 0. The van der Waals surface area contributed by atoms with Gasteiger partial charge in [-0.15, -0.1) is 0 Å². The molecule has 4 aromatic rings. The number of carbonyl (C=O) groups is 1. The van der Waals surface area contributed by atoms with Crippen LogP contribution in [0.1, 0.15) is 42.7 Å². The molecule has 1 heterocycles. The molecule has 0 unspecified atom stereocenters. The number of anilines is 5. The molecule has 0 aliphatic heterocycles. The van der Waals surface area contributed by atoms with Gasteiger partial charge in [-0.05, 0) is 56.7 Å². The molecule has 0 saturated heterocycles. The Morgan fingerprint density at radius 2 is 1.59 bits per heavy atom. The van der Waals surface area contributed by atoms with Crippen LogP contribution < -0.4 is 32.1 Å². The highest BCUT2D eigenvalue weighted by Crippen LogP contribution is 2.23. The van der Waals surface area contributed by atoms with E-state index in [-0.39, 0.29) is 35.4 Å². The van der Waals surface area contributed by atoms with E-state index in [4.69, 9.17) is 0 Å². The summed E-state index contributed by atoms with van der Waals surface area (Å²) in [6, 6.07) is 17.0. The molecule has 1 atom stereocenters. The van der Waals surface area contributed by atoms with E-state index < -0.39 is 16.9 Å². The zero-order valence-electron chi connectivity index (χ0n) is 20.7. The van der Waals surface area contributed by atoms with Crippen molar-refractivity contribution >= 4 is 34.7 Å². The number of amides is 1. The maximum absolute atomic E-state index is 12.7. The van der Waals surface area contributed by atoms with Gasteiger partial charge in [0.1, 0.15) is 17.2 Å². The van der Waals surface area contributed by atoms with Crippen LogP contribution in [0.2, 0.25) is 0 Å². The van der Waals surface area contributed by atoms with Crippen molar-refractivity contribution in [3.63, 3.8) is 0 Å². The van der Waals surface area contributed by atoms with Gasteiger partial charge in [-0.25, -0.2) is 4.98 Å². The van der Waals surface area contributed by atoms with Gasteiger partial charge in [0.25, 0.3) is 16.8 Å². The second-order valence-electron chi connectivity index (χ2n) is 9.50. The number of hydrogen-bond donors (Lipinski definition) is 5. The smallest absolute Gasteiger partial charge is 0.253 e. The van der Waals surface area contributed by atoms with Crippen molar-refractivity contribution < 1.29 is 9.90 Å². The lowest BCUT2D eigenvalue weighted by atomic mass is 10.1. The van der Waals surface area contributed by atoms with E-state index in [0.29, 0.717) is 17.1 Å². The van der Waals surface area contributed by atoms with Crippen LogP contribution in [0.3, 0.4) is 0 Å². The van der Waals surface area contributed by atoms with Gasteiger partial charge >= 0.3 is 0 Å². The Hall–Kier alpha value is -4.57. The molecule has 1 amide bonds. The lowest BCUT2D eigenvalue weighted by molar-refractivity contribution is 0.0916. The van der Waals surface area contributed by atoms with E-state index in [2.05, 4.69) is 31.2 Å². The molecule has 0 saturated carbocycles. The van der Waals surface area contributed by atoms with Crippen LogP contribution >= 0.6 is 0 Å². The molecule has 4 rings (SSSR count). The van der Waals surface area contributed by atoms with Crippen LogP contribution in [-0.4, -0.2) is 33.1 Å². The summed E-state index contributed by atoms with van der Waals surface area (Å²) in [5.41, 5.74) is 0.710. The molecule has 0 fully saturated rings. The van der Waals surface area contributed by atoms with Crippen molar-refractivity contribution in [2.24, 2.45) is 0 Å². The van der Waals surface area contributed by atoms with Crippen LogP contribution in [0.5, 0.6) is 0 Å². The van der Waals surface area contributed by atoms with Gasteiger partial charge in [-0.2, -0.15) is 4.98 Å². The molecule has 37 heavy (non-hydrogen) atoms. The molecule has 5 N–H and O–H groups in total. The Bertz CT molecular complexity index is 1460. The Kier molecular flexibility index (Phi) is 7.30. The summed E-state index contributed by atoms with van der Waals surface area (Å²) in [7, 11) is 0. The third-order valence-corrected chi connectivity index (χ3v) is 5.41. The van der Waals surface area contributed by atoms with Gasteiger partial charge in [0, 0.05) is 23.0 Å². The van der Waals surface area contributed by atoms with Crippen LogP contribution in [0, 0.1) is 0 Å². The fourth-order valence-electron chi connectivity index (χ4n) is 3.62. The normalized spacial score (nSPS) is 12.1. The Morgan fingerprint density at radius 3 is 2.24 bits per heavy atom. The van der Waals surface area contributed by atoms with Crippen LogP contribution in [0.4, 0.5) is 28.8 Å². The second kappa shape index (κ2) is 10.6. The zero-order chi connectivity index (χ0) is 26.6. The molecule has 3 aromatic carbocycles. The molecule has 10 heteroatoms. The number of nitrogens with zero attached hydrogens (tertiary/aromatic N) is 2. The predicted octanol–water partition coefficient (Wildman–Crippen LogP) is 3.23. The second-order valence-corrected chi connectivity index (χ2v) is 9.50. The van der Waals surface area contributed by atoms with E-state index in [1.165, 1.54) is 6.20 Å². The molecule has 10 nitrogen and oxygen atoms in total. The minimum absolute atomic E-state index is 0.164. The van der Waals surface area contributed by atoms with Gasteiger partial charge in [0.2, 0.25) is 5.95 Å². The lowest BCUT2D eigenvalue weighted by Gasteiger charge is -2.24. The van der Waals surface area contributed by atoms with Crippen molar-refractivity contribution in [1.82, 2.24) is 15.3 Å². The standard InChI is InChI=1S/C27H28N6O4/c1-27(2,3)33-22-21(23(35)24(22)36)31-20-13-14-28-26(32-20)29-18-11-9-17(10-12-18)25(37)30-19(15-34)16-7-5-4-6-8-16/h4-14,19,33-34H,15H2,1-3H3,(H,30,37)(H2,28,29,31,32)/t19-/m1/s1. The SMILES string of the molecule is CC(C)(C)Nc1c(Nc2ccnc(Nc3ccc(C(=O)N[C@H](CO)c4ccccc4)cc3)n2)c(=O)c1=O. The van der Waals surface area contributed by atoms with Crippen LogP contribution in [-0.2, 0) is 0 Å². The average Bonchev–Trinajstić information content (AvgIpc) is 2.89. The summed E-state index contributed by atoms with van der Waals surface area (Å²) >= 11 is 0. The van der Waals surface area contributed by atoms with Crippen molar-refractivity contribution in [3.8, 4) is 0 Å². The summed E-state index contributed by atoms with van der Waals surface area (Å²) in [4.78, 5) is 45.3. The maximum atomic E-state index is 12.7. The maximum Gasteiger partial charge on any atom is 0.253 e. The Morgan fingerprint density at radius 1 is 0.919 bits per heavy atom. The molecule has 1 aromatic heterocycles. The molecule has 0 aliphatic rings. The highest BCUT2D eigenvalue weighted by molar-refractivity contribution is 5.94. The Labute approximate surface area is 213 Å². The predicted molar refractivity (Wildman–Crippen MR) is 144 cm³/mol. The fraction of sp³-hybridized carbons (Fsp3) is 0.222. The number of nitrogens with one attached hydrogen (secondary N) is 4. The number of hydrogen-bond acceptors (Lipinski definition) is 9. The summed E-state index contributed by atoms with van der Waals surface area (Å²) in [6.07, 6.45) is 1.51. The topological polar surface area (TPSA) is 145 Å². The van der Waals surface area contributed by atoms with E-state index in [1.807, 2.05) is 51.1 Å². The summed E-state index contributed by atoms with van der Waals surface area (Å²) in [5.74, 6) is 0.286. The summed E-state index contributed by atoms with van der Waals surface area (Å²) in [6.45, 7) is 5.46. The number of aromatic nitrogens is 2. The molecule has 0 spiro atoms. The van der Waals surface area contributed by atoms with Crippen LogP contribution in [0.25, 0.3) is 0 Å². The molecule has 0 aliphatic carbocycles. The number of aliphatic hydroxyl groups excluding tert-OH is 1. The van der Waals surface area contributed by atoms with Gasteiger partial charge in [-0.1, -0.05) is 30.3 Å². The van der Waals surface area contributed by atoms with Gasteiger partial charge in [0.05, 0.1) is 12.6 Å². The molecule has 190 valence electrons. The first-order valence-electron chi connectivity index (χ1n) is 11.7. The summed E-state index contributed by atoms with van der Waals surface area (Å²) in [5, 5.41) is 21.5. The van der Waals surface area contributed by atoms with Crippen molar-refractivity contribution in [2.75, 3.05) is 22.6 Å². The van der Waals surface area contributed by atoms with Gasteiger partial charge in [0.15, 0.2) is 0 Å². The minimum Gasteiger partial charge on any atom is -0.394 e. The van der Waals surface area contributed by atoms with Gasteiger partial charge in [-0.3, -0.25) is 14.4 Å². The third kappa shape index (κ3) is 6.17. The monoisotopic (exact) mass is 500 g/mol. The van der Waals surface area contributed by atoms with E-state index in [0.717, 1.165) is 5.56 Å². The molecule has 0 bridgehead atoms. The average molecular weight is 501 g/mol. The number of rotatable bonds is 9. The molecular formula is C27H28N6O4. The number of carbonyl (C=O) groups excluding carboxylic acids is 1. The van der Waals surface area contributed by atoms with Crippen molar-refractivity contribution in [1.29, 1.82) is 0 Å². The highest BCUT2D eigenvalue weighted by Gasteiger charge is 2.25. The largest absolute Gasteiger partial charge is 0.394 e. The van der Waals surface area contributed by atoms with E-state index >= 15 is 0 Å². The zero-order valence-corrected chi connectivity index (χ0v) is 20.7. The Balaban J connectivity index is 1.42. The first-order valence-corrected chi connectivity index (χ1v) is 11.7. The van der Waals surface area contributed by atoms with Crippen LogP contribution in [0.15, 0.2) is 76.4 Å². The van der Waals surface area contributed by atoms with E-state index in [1.54, 1.807) is 30.3 Å². The first-order chi connectivity index (χ1) is 17.6.